The minimum absolute atomic E-state index is 0.0558. The van der Waals surface area contributed by atoms with E-state index >= 15 is 0 Å². The zero-order valence-electron chi connectivity index (χ0n) is 14.3. The number of hydrogen-bond acceptors (Lipinski definition) is 3. The van der Waals surface area contributed by atoms with E-state index in [0.717, 1.165) is 29.3 Å². The van der Waals surface area contributed by atoms with Gasteiger partial charge in [-0.1, -0.05) is 25.1 Å². The number of carbonyl (C=O) groups is 2. The molecule has 3 rings (SSSR count). The van der Waals surface area contributed by atoms with Crippen LogP contribution in [0.2, 0.25) is 0 Å². The maximum absolute atomic E-state index is 12.1. The summed E-state index contributed by atoms with van der Waals surface area (Å²) >= 11 is 0. The van der Waals surface area contributed by atoms with E-state index < -0.39 is 5.97 Å². The lowest BCUT2D eigenvalue weighted by atomic mass is 9.85. The number of aromatic nitrogens is 1. The molecule has 0 aliphatic heterocycles. The summed E-state index contributed by atoms with van der Waals surface area (Å²) in [7, 11) is 0. The second kappa shape index (κ2) is 7.57. The molecule has 0 spiro atoms. The van der Waals surface area contributed by atoms with Crippen molar-refractivity contribution in [1.29, 1.82) is 0 Å². The standard InChI is InChI=1S/C18H24N4O3/c1-2-22(11-16(23)24)15-8-14(9-15)21-18(25)20-10-13-5-3-4-12-6-7-19-17(12)13/h3-7,14-15,19H,2,8-11H2,1H3,(H,23,24)(H2,20,21,25). The first-order valence-electron chi connectivity index (χ1n) is 8.62. The highest BCUT2D eigenvalue weighted by Gasteiger charge is 2.34. The van der Waals surface area contributed by atoms with Gasteiger partial charge in [0.2, 0.25) is 0 Å². The largest absolute Gasteiger partial charge is 0.480 e. The summed E-state index contributed by atoms with van der Waals surface area (Å²) in [5.74, 6) is -0.811. The van der Waals surface area contributed by atoms with Crippen molar-refractivity contribution in [3.8, 4) is 0 Å². The molecular formula is C18H24N4O3. The van der Waals surface area contributed by atoms with Crippen LogP contribution in [-0.2, 0) is 11.3 Å². The average molecular weight is 344 g/mol. The van der Waals surface area contributed by atoms with Gasteiger partial charge in [0.05, 0.1) is 12.1 Å². The SMILES string of the molecule is CCN(CC(=O)O)C1CC(NC(=O)NCc2cccc3cc[nH]c23)C1. The number of carboxylic acids is 1. The van der Waals surface area contributed by atoms with E-state index in [-0.39, 0.29) is 24.7 Å². The number of hydrogen-bond donors (Lipinski definition) is 4. The molecule has 1 aliphatic rings. The van der Waals surface area contributed by atoms with E-state index in [1.165, 1.54) is 0 Å². The predicted molar refractivity (Wildman–Crippen MR) is 95.4 cm³/mol. The fourth-order valence-electron chi connectivity index (χ4n) is 3.39. The predicted octanol–water partition coefficient (Wildman–Crippen LogP) is 1.90. The molecule has 1 saturated carbocycles. The normalized spacial score (nSPS) is 19.6. The molecule has 1 fully saturated rings. The molecule has 7 heteroatoms. The Morgan fingerprint density at radius 3 is 2.84 bits per heavy atom. The van der Waals surface area contributed by atoms with Crippen molar-refractivity contribution in [3.63, 3.8) is 0 Å². The van der Waals surface area contributed by atoms with Crippen LogP contribution in [0, 0.1) is 0 Å². The molecule has 134 valence electrons. The number of H-pyrrole nitrogens is 1. The molecule has 7 nitrogen and oxygen atoms in total. The monoisotopic (exact) mass is 344 g/mol. The summed E-state index contributed by atoms with van der Waals surface area (Å²) in [5, 5.41) is 15.9. The first-order chi connectivity index (χ1) is 12.1. The van der Waals surface area contributed by atoms with Gasteiger partial charge >= 0.3 is 12.0 Å². The molecule has 25 heavy (non-hydrogen) atoms. The van der Waals surface area contributed by atoms with Crippen LogP contribution in [0.3, 0.4) is 0 Å². The van der Waals surface area contributed by atoms with Crippen LogP contribution in [0.15, 0.2) is 30.5 Å². The number of carbonyl (C=O) groups excluding carboxylic acids is 1. The molecule has 0 saturated heterocycles. The molecule has 1 aromatic carbocycles. The van der Waals surface area contributed by atoms with E-state index in [1.807, 2.05) is 42.3 Å². The number of nitrogens with zero attached hydrogens (tertiary/aromatic N) is 1. The van der Waals surface area contributed by atoms with Crippen molar-refractivity contribution in [1.82, 2.24) is 20.5 Å². The van der Waals surface area contributed by atoms with Gasteiger partial charge in [0.25, 0.3) is 0 Å². The summed E-state index contributed by atoms with van der Waals surface area (Å²) < 4.78 is 0. The third kappa shape index (κ3) is 4.11. The van der Waals surface area contributed by atoms with E-state index in [0.29, 0.717) is 13.1 Å². The Morgan fingerprint density at radius 2 is 2.12 bits per heavy atom. The molecule has 4 N–H and O–H groups in total. The Morgan fingerprint density at radius 1 is 1.32 bits per heavy atom. The molecular weight excluding hydrogens is 320 g/mol. The van der Waals surface area contributed by atoms with Crippen molar-refractivity contribution in [2.45, 2.75) is 38.4 Å². The Kier molecular flexibility index (Phi) is 5.23. The highest BCUT2D eigenvalue weighted by Crippen LogP contribution is 2.25. The molecule has 2 aromatic rings. The third-order valence-electron chi connectivity index (χ3n) is 4.82. The Bertz CT molecular complexity index is 752. The van der Waals surface area contributed by atoms with Gasteiger partial charge in [0.15, 0.2) is 0 Å². The summed E-state index contributed by atoms with van der Waals surface area (Å²) in [6.07, 6.45) is 3.47. The van der Waals surface area contributed by atoms with Gasteiger partial charge in [-0.15, -0.1) is 0 Å². The van der Waals surface area contributed by atoms with E-state index in [9.17, 15) is 9.59 Å². The number of nitrogens with one attached hydrogen (secondary N) is 3. The van der Waals surface area contributed by atoms with E-state index in [2.05, 4.69) is 15.6 Å². The van der Waals surface area contributed by atoms with Gasteiger partial charge in [-0.05, 0) is 36.4 Å². The topological polar surface area (TPSA) is 97.5 Å². The molecule has 0 unspecified atom stereocenters. The molecule has 1 aliphatic carbocycles. The van der Waals surface area contributed by atoms with Gasteiger partial charge in [-0.25, -0.2) is 4.79 Å². The number of carboxylic acid groups (broad SMARTS) is 1. The molecule has 0 radical (unpaired) electrons. The van der Waals surface area contributed by atoms with Crippen molar-refractivity contribution < 1.29 is 14.7 Å². The molecule has 1 heterocycles. The minimum atomic E-state index is -0.811. The lowest BCUT2D eigenvalue weighted by Crippen LogP contribution is -2.56. The van der Waals surface area contributed by atoms with Crippen molar-refractivity contribution in [2.24, 2.45) is 0 Å². The number of aliphatic carboxylic acids is 1. The van der Waals surface area contributed by atoms with Crippen LogP contribution in [0.1, 0.15) is 25.3 Å². The molecule has 1 aromatic heterocycles. The second-order valence-corrected chi connectivity index (χ2v) is 6.47. The second-order valence-electron chi connectivity index (χ2n) is 6.47. The Balaban J connectivity index is 1.44. The lowest BCUT2D eigenvalue weighted by Gasteiger charge is -2.42. The molecule has 2 amide bonds. The number of urea groups is 1. The summed E-state index contributed by atoms with van der Waals surface area (Å²) in [5.41, 5.74) is 2.08. The van der Waals surface area contributed by atoms with E-state index in [1.54, 1.807) is 0 Å². The van der Waals surface area contributed by atoms with Gasteiger partial charge in [-0.2, -0.15) is 0 Å². The fourth-order valence-corrected chi connectivity index (χ4v) is 3.39. The number of aromatic amines is 1. The number of amides is 2. The highest BCUT2D eigenvalue weighted by atomic mass is 16.4. The maximum Gasteiger partial charge on any atom is 0.317 e. The molecule has 0 bridgehead atoms. The summed E-state index contributed by atoms with van der Waals surface area (Å²) in [4.78, 5) is 28.0. The highest BCUT2D eigenvalue weighted by molar-refractivity contribution is 5.83. The summed E-state index contributed by atoms with van der Waals surface area (Å²) in [6, 6.07) is 8.15. The van der Waals surface area contributed by atoms with Gasteiger partial charge in [0, 0.05) is 24.8 Å². The first-order valence-corrected chi connectivity index (χ1v) is 8.62. The Labute approximate surface area is 146 Å². The van der Waals surface area contributed by atoms with Gasteiger partial charge in [0.1, 0.15) is 0 Å². The van der Waals surface area contributed by atoms with Gasteiger partial charge in [-0.3, -0.25) is 9.69 Å². The number of likely N-dealkylation sites (N-methyl/N-ethyl adjacent to an activating group) is 1. The maximum atomic E-state index is 12.1. The van der Waals surface area contributed by atoms with Crippen molar-refractivity contribution in [3.05, 3.63) is 36.0 Å². The van der Waals surface area contributed by atoms with Crippen LogP contribution in [0.25, 0.3) is 10.9 Å². The summed E-state index contributed by atoms with van der Waals surface area (Å²) in [6.45, 7) is 3.17. The van der Waals surface area contributed by atoms with Crippen LogP contribution in [0.4, 0.5) is 4.79 Å². The van der Waals surface area contributed by atoms with Crippen molar-refractivity contribution in [2.75, 3.05) is 13.1 Å². The number of para-hydroxylation sites is 1. The quantitative estimate of drug-likeness (QED) is 0.617. The molecule has 0 atom stereocenters. The smallest absolute Gasteiger partial charge is 0.317 e. The lowest BCUT2D eigenvalue weighted by molar-refractivity contribution is -0.139. The zero-order valence-corrected chi connectivity index (χ0v) is 14.3. The van der Waals surface area contributed by atoms with Crippen LogP contribution < -0.4 is 10.6 Å². The van der Waals surface area contributed by atoms with Crippen LogP contribution >= 0.6 is 0 Å². The van der Waals surface area contributed by atoms with Crippen LogP contribution in [0.5, 0.6) is 0 Å². The third-order valence-corrected chi connectivity index (χ3v) is 4.82. The van der Waals surface area contributed by atoms with E-state index in [4.69, 9.17) is 5.11 Å². The first kappa shape index (κ1) is 17.3. The number of fused-ring (bicyclic) bond motifs is 1. The van der Waals surface area contributed by atoms with Gasteiger partial charge < -0.3 is 20.7 Å². The minimum Gasteiger partial charge on any atom is -0.480 e. The fraction of sp³-hybridized carbons (Fsp3) is 0.444. The van der Waals surface area contributed by atoms with Crippen molar-refractivity contribution >= 4 is 22.9 Å². The number of rotatable bonds is 7. The zero-order chi connectivity index (χ0) is 17.8. The Hall–Kier alpha value is -2.54. The number of benzene rings is 1. The average Bonchev–Trinajstić information content (AvgIpc) is 3.03. The van der Waals surface area contributed by atoms with Crippen LogP contribution in [-0.4, -0.2) is 52.2 Å².